The summed E-state index contributed by atoms with van der Waals surface area (Å²) >= 11 is 0. The minimum Gasteiger partial charge on any atom is -0.387 e. The Kier molecular flexibility index (Phi) is 7.82. The van der Waals surface area contributed by atoms with Crippen LogP contribution in [-0.4, -0.2) is 60.6 Å². The lowest BCUT2D eigenvalue weighted by Gasteiger charge is -2.16. The van der Waals surface area contributed by atoms with Crippen LogP contribution in [0.5, 0.6) is 0 Å². The second-order valence-electron chi connectivity index (χ2n) is 5.67. The molecule has 1 fully saturated rings. The molecule has 15 nitrogen and oxygen atoms in total. The SMILES string of the molecule is CCP(=O)(O)O[P+](=O)OP(=O)(O)OC[C@H]1O[C@@H](n2ccc(=O)[nH]c2=O)[C@H](O)[C@@H]1O. The molecule has 0 radical (unpaired) electrons. The van der Waals surface area contributed by atoms with Gasteiger partial charge < -0.3 is 19.8 Å². The molecular weight excluding hydrogens is 461 g/mol. The molecule has 0 aliphatic carbocycles. The van der Waals surface area contributed by atoms with Crippen LogP contribution < -0.4 is 11.2 Å². The number of aliphatic hydroxyl groups is 2. The molecule has 1 saturated heterocycles. The number of hydrogen-bond acceptors (Lipinski definition) is 11. The van der Waals surface area contributed by atoms with Crippen LogP contribution in [0.3, 0.4) is 0 Å². The predicted molar refractivity (Wildman–Crippen MR) is 93.2 cm³/mol. The second-order valence-corrected chi connectivity index (χ2v) is 10.5. The summed E-state index contributed by atoms with van der Waals surface area (Å²) in [6.07, 6.45) is -5.66. The Hall–Kier alpha value is -1.08. The van der Waals surface area contributed by atoms with Crippen molar-refractivity contribution in [2.75, 3.05) is 12.8 Å². The molecule has 0 saturated carbocycles. The van der Waals surface area contributed by atoms with Crippen LogP contribution in [0.4, 0.5) is 0 Å². The molecule has 0 amide bonds. The fourth-order valence-electron chi connectivity index (χ4n) is 2.18. The van der Waals surface area contributed by atoms with Gasteiger partial charge in [0.15, 0.2) is 6.23 Å². The molecule has 2 rings (SSSR count). The van der Waals surface area contributed by atoms with Crippen molar-refractivity contribution in [3.63, 3.8) is 0 Å². The van der Waals surface area contributed by atoms with E-state index < -0.39 is 72.2 Å². The molecule has 7 atom stereocenters. The fourth-order valence-corrected chi connectivity index (χ4v) is 5.06. The van der Waals surface area contributed by atoms with Crippen molar-refractivity contribution < 1.29 is 51.6 Å². The van der Waals surface area contributed by atoms with Gasteiger partial charge in [-0.15, -0.1) is 0 Å². The molecule has 0 bridgehead atoms. The third kappa shape index (κ3) is 6.45. The predicted octanol–water partition coefficient (Wildman–Crippen LogP) is -0.831. The fraction of sp³-hybridized carbons (Fsp3) is 0.636. The van der Waals surface area contributed by atoms with Crippen LogP contribution in [-0.2, 0) is 31.6 Å². The van der Waals surface area contributed by atoms with Crippen LogP contribution in [0.1, 0.15) is 13.2 Å². The van der Waals surface area contributed by atoms with Crippen molar-refractivity contribution in [1.29, 1.82) is 0 Å². The van der Waals surface area contributed by atoms with Gasteiger partial charge in [0.1, 0.15) is 18.3 Å². The Morgan fingerprint density at radius 2 is 1.90 bits per heavy atom. The normalized spacial score (nSPS) is 29.2. The van der Waals surface area contributed by atoms with Crippen LogP contribution in [0.15, 0.2) is 21.9 Å². The molecule has 1 aromatic rings. The van der Waals surface area contributed by atoms with Gasteiger partial charge in [-0.05, 0) is 8.62 Å². The van der Waals surface area contributed by atoms with Crippen molar-refractivity contribution in [3.8, 4) is 0 Å². The lowest BCUT2D eigenvalue weighted by molar-refractivity contribution is -0.0540. The highest BCUT2D eigenvalue weighted by molar-refractivity contribution is 7.63. The molecule has 1 aliphatic rings. The summed E-state index contributed by atoms with van der Waals surface area (Å²) in [5, 5.41) is 20.0. The molecule has 1 aromatic heterocycles. The Bertz CT molecular complexity index is 960. The molecule has 5 N–H and O–H groups in total. The summed E-state index contributed by atoms with van der Waals surface area (Å²) in [6, 6.07) is 0.968. The average molecular weight is 479 g/mol. The van der Waals surface area contributed by atoms with E-state index in [9.17, 15) is 38.4 Å². The Balaban J connectivity index is 2.00. The number of nitrogens with zero attached hydrogens (tertiary/aromatic N) is 1. The zero-order chi connectivity index (χ0) is 22.0. The first-order valence-corrected chi connectivity index (χ1v) is 12.2. The molecule has 3 unspecified atom stereocenters. The van der Waals surface area contributed by atoms with Crippen molar-refractivity contribution in [3.05, 3.63) is 33.1 Å². The van der Waals surface area contributed by atoms with E-state index in [0.717, 1.165) is 16.8 Å². The number of phosphoric acid groups is 1. The van der Waals surface area contributed by atoms with E-state index in [0.29, 0.717) is 0 Å². The number of hydrogen-bond donors (Lipinski definition) is 5. The number of nitrogens with one attached hydrogen (secondary N) is 1. The summed E-state index contributed by atoms with van der Waals surface area (Å²) in [5.74, 6) is 0. The first-order valence-electron chi connectivity index (χ1n) is 7.84. The topological polar surface area (TPSA) is 224 Å². The van der Waals surface area contributed by atoms with E-state index in [2.05, 4.69) is 13.1 Å². The average Bonchev–Trinajstić information content (AvgIpc) is 2.87. The first-order chi connectivity index (χ1) is 13.3. The molecule has 0 aromatic carbocycles. The smallest absolute Gasteiger partial charge is 0.387 e. The summed E-state index contributed by atoms with van der Waals surface area (Å²) in [7, 11) is -12.8. The number of H-pyrrole nitrogens is 1. The molecule has 29 heavy (non-hydrogen) atoms. The van der Waals surface area contributed by atoms with Crippen molar-refractivity contribution in [1.82, 2.24) is 9.55 Å². The zero-order valence-electron chi connectivity index (χ0n) is 14.6. The third-order valence-electron chi connectivity index (χ3n) is 3.63. The molecule has 164 valence electrons. The molecule has 2 heterocycles. The second kappa shape index (κ2) is 9.38. The molecular formula is C11H18N2O13P3+. The van der Waals surface area contributed by atoms with Gasteiger partial charge in [0.05, 0.1) is 12.8 Å². The van der Waals surface area contributed by atoms with Gasteiger partial charge in [-0.25, -0.2) is 9.36 Å². The Morgan fingerprint density at radius 1 is 1.24 bits per heavy atom. The molecule has 1 aliphatic heterocycles. The maximum absolute atomic E-state index is 11.8. The van der Waals surface area contributed by atoms with Gasteiger partial charge in [0.2, 0.25) is 0 Å². The van der Waals surface area contributed by atoms with Gasteiger partial charge in [-0.3, -0.25) is 28.3 Å². The van der Waals surface area contributed by atoms with Crippen LogP contribution >= 0.6 is 23.7 Å². The van der Waals surface area contributed by atoms with Gasteiger partial charge in [0.25, 0.3) is 5.56 Å². The summed E-state index contributed by atoms with van der Waals surface area (Å²) in [4.78, 5) is 43.5. The highest BCUT2D eigenvalue weighted by Gasteiger charge is 2.47. The highest BCUT2D eigenvalue weighted by atomic mass is 31.3. The van der Waals surface area contributed by atoms with Crippen molar-refractivity contribution in [2.24, 2.45) is 0 Å². The summed E-state index contributed by atoms with van der Waals surface area (Å²) in [5.41, 5.74) is -1.64. The van der Waals surface area contributed by atoms with E-state index in [4.69, 9.17) is 9.63 Å². The van der Waals surface area contributed by atoms with Gasteiger partial charge in [-0.2, -0.15) is 0 Å². The Morgan fingerprint density at radius 3 is 2.48 bits per heavy atom. The van der Waals surface area contributed by atoms with E-state index in [1.54, 1.807) is 0 Å². The lowest BCUT2D eigenvalue weighted by atomic mass is 10.1. The summed E-state index contributed by atoms with van der Waals surface area (Å²) < 4.78 is 53.2. The summed E-state index contributed by atoms with van der Waals surface area (Å²) in [6.45, 7) is 0.377. The van der Waals surface area contributed by atoms with Gasteiger partial charge >= 0.3 is 29.4 Å². The number of ether oxygens (including phenoxy) is 1. The molecule has 0 spiro atoms. The van der Waals surface area contributed by atoms with Crippen molar-refractivity contribution >= 4 is 23.7 Å². The van der Waals surface area contributed by atoms with E-state index in [-0.39, 0.29) is 0 Å². The maximum atomic E-state index is 11.8. The third-order valence-corrected chi connectivity index (χ3v) is 7.82. The zero-order valence-corrected chi connectivity index (χ0v) is 17.3. The van der Waals surface area contributed by atoms with E-state index >= 15 is 0 Å². The maximum Gasteiger partial charge on any atom is 0.717 e. The monoisotopic (exact) mass is 479 g/mol. The van der Waals surface area contributed by atoms with E-state index in [1.165, 1.54) is 6.92 Å². The molecule has 18 heteroatoms. The minimum absolute atomic E-state index is 0.431. The number of aromatic amines is 1. The van der Waals surface area contributed by atoms with E-state index in [1.807, 2.05) is 4.98 Å². The van der Waals surface area contributed by atoms with Gasteiger partial charge in [0, 0.05) is 16.8 Å². The first kappa shape index (κ1) is 24.2. The van der Waals surface area contributed by atoms with Gasteiger partial charge in [-0.1, -0.05) is 6.92 Å². The highest BCUT2D eigenvalue weighted by Crippen LogP contribution is 2.59. The lowest BCUT2D eigenvalue weighted by Crippen LogP contribution is -2.37. The largest absolute Gasteiger partial charge is 0.717 e. The van der Waals surface area contributed by atoms with Crippen LogP contribution in [0.25, 0.3) is 0 Å². The number of aliphatic hydroxyl groups excluding tert-OH is 2. The quantitative estimate of drug-likeness (QED) is 0.273. The van der Waals surface area contributed by atoms with Crippen LogP contribution in [0, 0.1) is 0 Å². The number of aromatic nitrogens is 2. The van der Waals surface area contributed by atoms with Crippen molar-refractivity contribution in [2.45, 2.75) is 31.5 Å². The minimum atomic E-state index is -5.08. The number of rotatable bonds is 9. The standard InChI is InChI=1S/C11H17N2O13P3/c1-2-28(19,20)25-27(18)26-29(21,22)23-5-6-8(15)9(16)10(24-6)13-4-3-7(14)12-11(13)17/h3-4,6,8-10,15-16H,2,5H2,1H3,(H2-,12,14,17,19,20,21,22)/p+1/t6-,8-,9-,10-/m1/s1. The number of phosphoric ester groups is 1. The van der Waals surface area contributed by atoms with Crippen LogP contribution in [0.2, 0.25) is 0 Å². The Labute approximate surface area is 162 Å².